The molecule has 0 radical (unpaired) electrons. The van der Waals surface area contributed by atoms with Crippen LogP contribution in [0, 0.1) is 0 Å². The highest BCUT2D eigenvalue weighted by molar-refractivity contribution is 7.78. The molecule has 8 heteroatoms. The minimum Gasteiger partial charge on any atom is -0.399 e. The van der Waals surface area contributed by atoms with Crippen molar-refractivity contribution in [3.8, 4) is 0 Å². The van der Waals surface area contributed by atoms with Gasteiger partial charge >= 0.3 is 13.3 Å². The van der Waals surface area contributed by atoms with Crippen molar-refractivity contribution < 1.29 is 22.5 Å². The van der Waals surface area contributed by atoms with Crippen molar-refractivity contribution in [3.05, 3.63) is 23.8 Å². The zero-order valence-electron chi connectivity index (χ0n) is 12.6. The first-order valence-electron chi connectivity index (χ1n) is 6.62. The second-order valence-corrected chi connectivity index (χ2v) is 6.25. The van der Waals surface area contributed by atoms with Crippen LogP contribution in [0.25, 0.3) is 0 Å². The van der Waals surface area contributed by atoms with E-state index in [9.17, 15) is 13.2 Å². The molecule has 1 aliphatic rings. The minimum absolute atomic E-state index is 0.275. The summed E-state index contributed by atoms with van der Waals surface area (Å²) in [5.41, 5.74) is -2.13. The fraction of sp³-hybridized carbons (Fsp3) is 0.500. The predicted molar refractivity (Wildman–Crippen MR) is 81.8 cm³/mol. The van der Waals surface area contributed by atoms with Crippen LogP contribution >= 0.6 is 12.2 Å². The Hall–Kier alpha value is -1.21. The van der Waals surface area contributed by atoms with E-state index in [0.29, 0.717) is 0 Å². The third kappa shape index (κ3) is 3.10. The second-order valence-electron chi connectivity index (χ2n) is 6.07. The number of aliphatic imine (C=N–C) groups is 1. The number of alkyl halides is 3. The fourth-order valence-corrected chi connectivity index (χ4v) is 2.15. The molecule has 1 fully saturated rings. The molecule has 0 aromatic heterocycles. The highest BCUT2D eigenvalue weighted by Gasteiger charge is 2.52. The summed E-state index contributed by atoms with van der Waals surface area (Å²) < 4.78 is 50.9. The molecule has 2 rings (SSSR count). The van der Waals surface area contributed by atoms with Gasteiger partial charge in [-0.25, -0.2) is 0 Å². The van der Waals surface area contributed by atoms with Gasteiger partial charge in [-0.15, -0.1) is 0 Å². The van der Waals surface area contributed by atoms with Crippen molar-refractivity contribution in [2.24, 2.45) is 4.99 Å². The lowest BCUT2D eigenvalue weighted by Crippen LogP contribution is -2.41. The van der Waals surface area contributed by atoms with E-state index in [2.05, 4.69) is 17.2 Å². The van der Waals surface area contributed by atoms with Crippen LogP contribution in [0.3, 0.4) is 0 Å². The molecule has 1 saturated heterocycles. The van der Waals surface area contributed by atoms with E-state index in [1.807, 2.05) is 32.9 Å². The van der Waals surface area contributed by atoms with E-state index >= 15 is 0 Å². The third-order valence-corrected chi connectivity index (χ3v) is 4.11. The van der Waals surface area contributed by atoms with Crippen LogP contribution in [0.5, 0.6) is 0 Å². The molecule has 3 nitrogen and oxygen atoms in total. The molecule has 0 aliphatic carbocycles. The first-order valence-corrected chi connectivity index (χ1v) is 7.03. The third-order valence-electron chi connectivity index (χ3n) is 4.02. The lowest BCUT2D eigenvalue weighted by Gasteiger charge is -2.32. The molecule has 0 atom stereocenters. The van der Waals surface area contributed by atoms with Crippen molar-refractivity contribution >= 4 is 35.6 Å². The van der Waals surface area contributed by atoms with Gasteiger partial charge in [0.25, 0.3) is 0 Å². The topological polar surface area (TPSA) is 30.8 Å². The van der Waals surface area contributed by atoms with Crippen LogP contribution in [-0.2, 0) is 15.5 Å². The molecular formula is C14H15BF3NO2S. The van der Waals surface area contributed by atoms with Crippen LogP contribution in [0.1, 0.15) is 33.3 Å². The molecule has 22 heavy (non-hydrogen) atoms. The molecule has 0 spiro atoms. The zero-order chi connectivity index (χ0) is 16.8. The van der Waals surface area contributed by atoms with Gasteiger partial charge in [-0.2, -0.15) is 18.2 Å². The molecule has 1 aromatic carbocycles. The Kier molecular flexibility index (Phi) is 4.26. The second kappa shape index (κ2) is 5.46. The Morgan fingerprint density at radius 2 is 1.68 bits per heavy atom. The Balaban J connectivity index is 2.45. The van der Waals surface area contributed by atoms with Gasteiger partial charge in [-0.3, -0.25) is 0 Å². The van der Waals surface area contributed by atoms with Crippen LogP contribution in [-0.4, -0.2) is 23.5 Å². The first-order chi connectivity index (χ1) is 9.98. The summed E-state index contributed by atoms with van der Waals surface area (Å²) in [7, 11) is -0.864. The van der Waals surface area contributed by atoms with Gasteiger partial charge < -0.3 is 9.31 Å². The summed E-state index contributed by atoms with van der Waals surface area (Å²) in [5, 5.41) is 1.96. The Bertz CT molecular complexity index is 623. The molecule has 1 heterocycles. The maximum atomic E-state index is 13.1. The van der Waals surface area contributed by atoms with Crippen LogP contribution < -0.4 is 5.46 Å². The Morgan fingerprint density at radius 1 is 1.14 bits per heavy atom. The molecule has 0 amide bonds. The van der Waals surface area contributed by atoms with Crippen LogP contribution in [0.4, 0.5) is 18.9 Å². The number of benzene rings is 1. The molecular weight excluding hydrogens is 314 g/mol. The van der Waals surface area contributed by atoms with E-state index in [4.69, 9.17) is 9.31 Å². The van der Waals surface area contributed by atoms with Gasteiger partial charge in [0.05, 0.1) is 27.6 Å². The van der Waals surface area contributed by atoms with E-state index < -0.39 is 30.1 Å². The number of thiocarbonyl (C=S) groups is 1. The van der Waals surface area contributed by atoms with Gasteiger partial charge in [0, 0.05) is 0 Å². The number of hydrogen-bond acceptors (Lipinski definition) is 4. The lowest BCUT2D eigenvalue weighted by atomic mass is 9.78. The summed E-state index contributed by atoms with van der Waals surface area (Å²) in [4.78, 5) is 3.46. The highest BCUT2D eigenvalue weighted by atomic mass is 32.1. The van der Waals surface area contributed by atoms with Gasteiger partial charge in [-0.05, 0) is 57.5 Å². The van der Waals surface area contributed by atoms with Gasteiger partial charge in [-0.1, -0.05) is 6.07 Å². The van der Waals surface area contributed by atoms with Gasteiger partial charge in [0.2, 0.25) is 0 Å². The average Bonchev–Trinajstić information content (AvgIpc) is 2.58. The van der Waals surface area contributed by atoms with E-state index in [-0.39, 0.29) is 11.2 Å². The smallest absolute Gasteiger partial charge is 0.399 e. The molecule has 0 bridgehead atoms. The Labute approximate surface area is 132 Å². The van der Waals surface area contributed by atoms with E-state index in [1.54, 1.807) is 0 Å². The highest BCUT2D eigenvalue weighted by Crippen LogP contribution is 2.38. The number of halogens is 3. The number of hydrogen-bond donors (Lipinski definition) is 0. The van der Waals surface area contributed by atoms with E-state index in [0.717, 1.165) is 6.07 Å². The van der Waals surface area contributed by atoms with Crippen LogP contribution in [0.2, 0.25) is 0 Å². The maximum absolute atomic E-state index is 13.1. The van der Waals surface area contributed by atoms with Crippen LogP contribution in [0.15, 0.2) is 23.2 Å². The van der Waals surface area contributed by atoms with Crippen molar-refractivity contribution in [1.82, 2.24) is 0 Å². The fourth-order valence-electron chi connectivity index (χ4n) is 2.05. The van der Waals surface area contributed by atoms with Gasteiger partial charge in [0.15, 0.2) is 0 Å². The summed E-state index contributed by atoms with van der Waals surface area (Å²) in [6.07, 6.45) is -4.55. The summed E-state index contributed by atoms with van der Waals surface area (Å²) >= 11 is 4.38. The molecule has 1 aromatic rings. The number of isothiocyanates is 1. The molecule has 1 aliphatic heterocycles. The first kappa shape index (κ1) is 17.2. The van der Waals surface area contributed by atoms with E-state index in [1.165, 1.54) is 12.1 Å². The minimum atomic E-state index is -4.55. The van der Waals surface area contributed by atoms with Crippen molar-refractivity contribution in [3.63, 3.8) is 0 Å². The van der Waals surface area contributed by atoms with Crippen molar-refractivity contribution in [1.29, 1.82) is 0 Å². The number of rotatable bonds is 2. The average molecular weight is 329 g/mol. The molecule has 0 N–H and O–H groups in total. The molecule has 118 valence electrons. The normalized spacial score (nSPS) is 19.9. The quantitative estimate of drug-likeness (QED) is 0.470. The summed E-state index contributed by atoms with van der Waals surface area (Å²) in [6.45, 7) is 7.34. The summed E-state index contributed by atoms with van der Waals surface area (Å²) in [6, 6.07) is 3.71. The lowest BCUT2D eigenvalue weighted by molar-refractivity contribution is -0.136. The Morgan fingerprint density at radius 3 is 2.14 bits per heavy atom. The molecule has 0 saturated carbocycles. The monoisotopic (exact) mass is 329 g/mol. The maximum Gasteiger partial charge on any atom is 0.494 e. The standard InChI is InChI=1S/C14H15BF3NO2S/c1-12(2)13(3,4)21-15(20-12)9-5-6-11(19-8-22)10(7-9)14(16,17)18/h5-7H,1-4H3. The summed E-state index contributed by atoms with van der Waals surface area (Å²) in [5.74, 6) is 0. The van der Waals surface area contributed by atoms with Crippen molar-refractivity contribution in [2.45, 2.75) is 45.1 Å². The predicted octanol–water partition coefficient (Wildman–Crippen LogP) is 3.74. The number of nitrogens with zero attached hydrogens (tertiary/aromatic N) is 1. The molecule has 0 unspecified atom stereocenters. The SMILES string of the molecule is CC1(C)OB(c2ccc(N=C=S)c(C(F)(F)F)c2)OC1(C)C. The van der Waals surface area contributed by atoms with Gasteiger partial charge in [0.1, 0.15) is 0 Å². The zero-order valence-corrected chi connectivity index (χ0v) is 13.4. The largest absolute Gasteiger partial charge is 0.494 e. The van der Waals surface area contributed by atoms with Crippen molar-refractivity contribution in [2.75, 3.05) is 0 Å².